The molecule has 3 nitrogen and oxygen atoms in total. The van der Waals surface area contributed by atoms with Gasteiger partial charge in [0.1, 0.15) is 0 Å². The minimum atomic E-state index is 0.183. The third-order valence-corrected chi connectivity index (χ3v) is 4.08. The molecule has 1 amide bonds. The smallest absolute Gasteiger partial charge is 0.220 e. The lowest BCUT2D eigenvalue weighted by atomic mass is 9.80. The van der Waals surface area contributed by atoms with Crippen LogP contribution in [-0.2, 0) is 9.53 Å². The average Bonchev–Trinajstić information content (AvgIpc) is 2.22. The Balaban J connectivity index is 2.18. The summed E-state index contributed by atoms with van der Waals surface area (Å²) in [5.74, 6) is 1.17. The standard InChI is InChI=1S/C13H24BrNO2/c1-4-17-11-5-10(6-11)7-13(16)15-12(8-14)9(2)3/h9-12H,4-8H2,1-3H3,(H,15,16). The first-order chi connectivity index (χ1) is 8.06. The second-order valence-corrected chi connectivity index (χ2v) is 5.84. The van der Waals surface area contributed by atoms with E-state index in [1.807, 2.05) is 6.92 Å². The van der Waals surface area contributed by atoms with E-state index in [9.17, 15) is 4.79 Å². The number of ether oxygens (including phenoxy) is 1. The number of halogens is 1. The fourth-order valence-corrected chi connectivity index (χ4v) is 3.03. The summed E-state index contributed by atoms with van der Waals surface area (Å²) in [7, 11) is 0. The second-order valence-electron chi connectivity index (χ2n) is 5.19. The summed E-state index contributed by atoms with van der Waals surface area (Å²) < 4.78 is 5.49. The number of amides is 1. The molecule has 100 valence electrons. The van der Waals surface area contributed by atoms with Gasteiger partial charge in [-0.2, -0.15) is 0 Å². The molecule has 1 atom stereocenters. The topological polar surface area (TPSA) is 38.3 Å². The molecule has 0 saturated heterocycles. The highest BCUT2D eigenvalue weighted by molar-refractivity contribution is 9.09. The molecule has 17 heavy (non-hydrogen) atoms. The van der Waals surface area contributed by atoms with E-state index < -0.39 is 0 Å². The van der Waals surface area contributed by atoms with Gasteiger partial charge in [-0.05, 0) is 31.6 Å². The van der Waals surface area contributed by atoms with Crippen LogP contribution in [0.2, 0.25) is 0 Å². The highest BCUT2D eigenvalue weighted by Crippen LogP contribution is 2.32. The summed E-state index contributed by atoms with van der Waals surface area (Å²) in [4.78, 5) is 11.8. The Morgan fingerprint density at radius 3 is 2.59 bits per heavy atom. The van der Waals surface area contributed by atoms with Crippen LogP contribution in [0.1, 0.15) is 40.0 Å². The number of hydrogen-bond donors (Lipinski definition) is 1. The van der Waals surface area contributed by atoms with Gasteiger partial charge in [0.15, 0.2) is 0 Å². The molecule has 1 aliphatic carbocycles. The molecule has 1 rings (SSSR count). The highest BCUT2D eigenvalue weighted by Gasteiger charge is 2.31. The number of alkyl halides is 1. The van der Waals surface area contributed by atoms with E-state index in [4.69, 9.17) is 4.74 Å². The van der Waals surface area contributed by atoms with E-state index in [0.29, 0.717) is 24.4 Å². The SMILES string of the molecule is CCOC1CC(CC(=O)NC(CBr)C(C)C)C1. The first kappa shape index (κ1) is 15.0. The van der Waals surface area contributed by atoms with Crippen molar-refractivity contribution in [3.8, 4) is 0 Å². The number of carbonyl (C=O) groups excluding carboxylic acids is 1. The first-order valence-electron chi connectivity index (χ1n) is 6.53. The summed E-state index contributed by atoms with van der Waals surface area (Å²) in [5.41, 5.74) is 0. The van der Waals surface area contributed by atoms with Gasteiger partial charge in [0.2, 0.25) is 5.91 Å². The van der Waals surface area contributed by atoms with Crippen molar-refractivity contribution in [2.75, 3.05) is 11.9 Å². The van der Waals surface area contributed by atoms with Crippen LogP contribution in [0, 0.1) is 11.8 Å². The maximum absolute atomic E-state index is 11.8. The van der Waals surface area contributed by atoms with E-state index in [1.165, 1.54) is 0 Å². The van der Waals surface area contributed by atoms with Gasteiger partial charge in [-0.25, -0.2) is 0 Å². The van der Waals surface area contributed by atoms with E-state index in [-0.39, 0.29) is 11.9 Å². The lowest BCUT2D eigenvalue weighted by Gasteiger charge is -2.34. The van der Waals surface area contributed by atoms with Crippen LogP contribution >= 0.6 is 15.9 Å². The molecule has 0 bridgehead atoms. The Morgan fingerprint density at radius 1 is 1.47 bits per heavy atom. The Bertz CT molecular complexity index is 240. The van der Waals surface area contributed by atoms with Gasteiger partial charge >= 0.3 is 0 Å². The summed E-state index contributed by atoms with van der Waals surface area (Å²) in [6.07, 6.45) is 3.14. The third kappa shape index (κ3) is 4.96. The third-order valence-electron chi connectivity index (χ3n) is 3.39. The van der Waals surface area contributed by atoms with Crippen molar-refractivity contribution in [1.82, 2.24) is 5.32 Å². The van der Waals surface area contributed by atoms with Gasteiger partial charge in [-0.3, -0.25) is 4.79 Å². The number of hydrogen-bond acceptors (Lipinski definition) is 2. The monoisotopic (exact) mass is 305 g/mol. The second kappa shape index (κ2) is 7.37. The lowest BCUT2D eigenvalue weighted by molar-refractivity contribution is -0.125. The van der Waals surface area contributed by atoms with Crippen molar-refractivity contribution in [2.45, 2.75) is 52.2 Å². The van der Waals surface area contributed by atoms with Crippen molar-refractivity contribution < 1.29 is 9.53 Å². The largest absolute Gasteiger partial charge is 0.378 e. The van der Waals surface area contributed by atoms with Crippen molar-refractivity contribution >= 4 is 21.8 Å². The number of rotatable bonds is 7. The average molecular weight is 306 g/mol. The molecule has 0 spiro atoms. The number of carbonyl (C=O) groups is 1. The zero-order valence-electron chi connectivity index (χ0n) is 11.0. The molecular formula is C13H24BrNO2. The van der Waals surface area contributed by atoms with E-state index in [1.54, 1.807) is 0 Å². The Hall–Kier alpha value is -0.0900. The molecule has 1 saturated carbocycles. The molecule has 1 unspecified atom stereocenters. The Morgan fingerprint density at radius 2 is 2.12 bits per heavy atom. The van der Waals surface area contributed by atoms with Crippen molar-refractivity contribution in [3.63, 3.8) is 0 Å². The Labute approximate surface area is 113 Å². The molecule has 0 aromatic carbocycles. The van der Waals surface area contributed by atoms with Gasteiger partial charge in [0.05, 0.1) is 6.10 Å². The molecule has 1 N–H and O–H groups in total. The summed E-state index contributed by atoms with van der Waals surface area (Å²) in [6, 6.07) is 0.241. The van der Waals surface area contributed by atoms with Gasteiger partial charge in [-0.15, -0.1) is 0 Å². The summed E-state index contributed by atoms with van der Waals surface area (Å²) in [5, 5.41) is 3.91. The van der Waals surface area contributed by atoms with Gasteiger partial charge < -0.3 is 10.1 Å². The fourth-order valence-electron chi connectivity index (χ4n) is 2.12. The maximum Gasteiger partial charge on any atom is 0.220 e. The minimum Gasteiger partial charge on any atom is -0.378 e. The summed E-state index contributed by atoms with van der Waals surface area (Å²) in [6.45, 7) is 7.05. The molecule has 4 heteroatoms. The van der Waals surface area contributed by atoms with E-state index in [2.05, 4.69) is 35.1 Å². The number of nitrogens with one attached hydrogen (secondary N) is 1. The first-order valence-corrected chi connectivity index (χ1v) is 7.65. The van der Waals surface area contributed by atoms with Crippen LogP contribution in [-0.4, -0.2) is 30.0 Å². The minimum absolute atomic E-state index is 0.183. The maximum atomic E-state index is 11.8. The zero-order chi connectivity index (χ0) is 12.8. The zero-order valence-corrected chi connectivity index (χ0v) is 12.6. The van der Waals surface area contributed by atoms with Crippen molar-refractivity contribution in [2.24, 2.45) is 11.8 Å². The molecule has 0 radical (unpaired) electrons. The van der Waals surface area contributed by atoms with E-state index >= 15 is 0 Å². The normalized spacial score (nSPS) is 25.5. The van der Waals surface area contributed by atoms with Crippen molar-refractivity contribution in [3.05, 3.63) is 0 Å². The lowest BCUT2D eigenvalue weighted by Crippen LogP contribution is -2.42. The fraction of sp³-hybridized carbons (Fsp3) is 0.923. The molecule has 0 heterocycles. The van der Waals surface area contributed by atoms with E-state index in [0.717, 1.165) is 24.8 Å². The Kier molecular flexibility index (Phi) is 6.49. The molecule has 0 aromatic heterocycles. The van der Waals surface area contributed by atoms with Gasteiger partial charge in [0.25, 0.3) is 0 Å². The van der Waals surface area contributed by atoms with Crippen LogP contribution < -0.4 is 5.32 Å². The van der Waals surface area contributed by atoms with Crippen molar-refractivity contribution in [1.29, 1.82) is 0 Å². The van der Waals surface area contributed by atoms with Crippen LogP contribution in [0.25, 0.3) is 0 Å². The van der Waals surface area contributed by atoms with Crippen LogP contribution in [0.4, 0.5) is 0 Å². The van der Waals surface area contributed by atoms with Gasteiger partial charge in [-0.1, -0.05) is 29.8 Å². The molecular weight excluding hydrogens is 282 g/mol. The van der Waals surface area contributed by atoms with Crippen LogP contribution in [0.3, 0.4) is 0 Å². The van der Waals surface area contributed by atoms with Gasteiger partial charge in [0, 0.05) is 24.4 Å². The molecule has 0 aliphatic heterocycles. The predicted octanol–water partition coefficient (Wildman–Crippen LogP) is 2.73. The predicted molar refractivity (Wildman–Crippen MR) is 73.3 cm³/mol. The highest BCUT2D eigenvalue weighted by atomic mass is 79.9. The molecule has 1 fully saturated rings. The summed E-state index contributed by atoms with van der Waals surface area (Å²) >= 11 is 3.44. The quantitative estimate of drug-likeness (QED) is 0.735. The molecule has 1 aliphatic rings. The van der Waals surface area contributed by atoms with Crippen LogP contribution in [0.5, 0.6) is 0 Å². The van der Waals surface area contributed by atoms with Crippen LogP contribution in [0.15, 0.2) is 0 Å². The molecule has 0 aromatic rings.